The molecule has 8 aromatic rings. The third-order valence-electron chi connectivity index (χ3n) is 23.2. The fourth-order valence-corrected chi connectivity index (χ4v) is 25.9. The Morgan fingerprint density at radius 1 is 0.520 bits per heavy atom. The quantitative estimate of drug-likeness (QED) is 0.0692. The zero-order chi connectivity index (χ0) is 70.7. The summed E-state index contributed by atoms with van der Waals surface area (Å²) in [5, 5.41) is 19.5. The van der Waals surface area contributed by atoms with Crippen LogP contribution in [0.15, 0.2) is 146 Å². The van der Waals surface area contributed by atoms with E-state index in [0.717, 1.165) is 136 Å². The van der Waals surface area contributed by atoms with Crippen LogP contribution in [0.5, 0.6) is 0 Å². The van der Waals surface area contributed by atoms with E-state index in [1.165, 1.54) is 52.7 Å². The topological polar surface area (TPSA) is 134 Å². The summed E-state index contributed by atoms with van der Waals surface area (Å²) in [5.41, 5.74) is 15.7. The molecule has 11 fully saturated rings. The molecule has 12 nitrogen and oxygen atoms in total. The Morgan fingerprint density at radius 3 is 1.22 bits per heavy atom. The summed E-state index contributed by atoms with van der Waals surface area (Å²) in [6.45, 7) is 31.2. The summed E-state index contributed by atoms with van der Waals surface area (Å²) in [6.07, 6.45) is 32.0. The zero-order valence-corrected chi connectivity index (χ0v) is 63.6. The Kier molecular flexibility index (Phi) is 23.8. The van der Waals surface area contributed by atoms with E-state index in [-0.39, 0.29) is 52.8 Å². The van der Waals surface area contributed by atoms with Crippen LogP contribution in [-0.4, -0.2) is 99.2 Å². The van der Waals surface area contributed by atoms with Crippen LogP contribution in [0.2, 0.25) is 5.02 Å². The van der Waals surface area contributed by atoms with Gasteiger partial charge in [0, 0.05) is 117 Å². The van der Waals surface area contributed by atoms with Gasteiger partial charge >= 0.3 is 0 Å². The largest absolute Gasteiger partial charge is 0.481 e. The molecule has 0 amide bonds. The third-order valence-corrected chi connectivity index (χ3v) is 27.7. The number of aromatic nitrogens is 2. The SMILES string of the molecule is CC(=O)O.CC(=O)O.CCCCP(C12CC3CC(CC(C3)C1)C2)C12CC3CC(CC(C3)C1)C2.[C-]#[N+]c1ccc(-c2cccc3c(C4CC4)c(-c4ccc(N5C[C@@H](C)O[C@@H](C)C5)cc4)cnc23)cc1.[C-]#[N+]c1ccc(-c2cccc3c(Cl)c(-c4ccc(N5C[C@@H](C)O[C@@H](C)C5)cc4)cnc23)cc1.[Pd]. The molecule has 2 aliphatic heterocycles. The number of para-hydroxylation sites is 2. The molecule has 0 unspecified atom stereocenters. The molecule has 0 spiro atoms. The molecule has 15 heteroatoms. The normalized spacial score (nSPS) is 27.2. The average molecular weight is 1500 g/mol. The van der Waals surface area contributed by atoms with E-state index in [9.17, 15) is 0 Å². The number of carboxylic acid groups (broad SMARTS) is 2. The molecule has 102 heavy (non-hydrogen) atoms. The number of hydrogen-bond acceptors (Lipinski definition) is 8. The number of unbranched alkanes of at least 4 members (excludes halogenated alkanes) is 1. The van der Waals surface area contributed by atoms with Gasteiger partial charge in [0.1, 0.15) is 0 Å². The first-order chi connectivity index (χ1) is 48.8. The number of rotatable bonds is 12. The summed E-state index contributed by atoms with van der Waals surface area (Å²) in [4.78, 5) is 39.6. The Balaban J connectivity index is 0.000000138. The maximum absolute atomic E-state index is 9.00. The van der Waals surface area contributed by atoms with Crippen molar-refractivity contribution in [2.45, 2.75) is 192 Å². The number of fused-ring (bicyclic) bond motifs is 2. The molecule has 2 aromatic heterocycles. The molecule has 536 valence electrons. The van der Waals surface area contributed by atoms with Gasteiger partial charge in [-0.15, -0.1) is 0 Å². The molecule has 6 aromatic carbocycles. The minimum absolute atomic E-state index is 0. The van der Waals surface area contributed by atoms with Gasteiger partial charge in [0.25, 0.3) is 11.9 Å². The van der Waals surface area contributed by atoms with Crippen LogP contribution in [0.4, 0.5) is 22.7 Å². The maximum atomic E-state index is 9.00. The van der Waals surface area contributed by atoms with E-state index in [2.05, 4.69) is 127 Å². The Morgan fingerprint density at radius 2 is 0.853 bits per heavy atom. The molecule has 2 N–H and O–H groups in total. The summed E-state index contributed by atoms with van der Waals surface area (Å²) < 4.78 is 11.8. The minimum Gasteiger partial charge on any atom is -0.481 e. The van der Waals surface area contributed by atoms with Crippen LogP contribution >= 0.6 is 19.5 Å². The van der Waals surface area contributed by atoms with Crippen molar-refractivity contribution in [3.63, 3.8) is 0 Å². The second kappa shape index (κ2) is 32.5. The molecule has 4 heterocycles. The van der Waals surface area contributed by atoms with Crippen LogP contribution in [0.1, 0.15) is 163 Å². The molecular weight excluding hydrogens is 1400 g/mol. The van der Waals surface area contributed by atoms with Gasteiger partial charge in [0.15, 0.2) is 11.4 Å². The number of morpholine rings is 2. The second-order valence-electron chi connectivity index (χ2n) is 31.3. The van der Waals surface area contributed by atoms with Gasteiger partial charge in [0.2, 0.25) is 0 Å². The van der Waals surface area contributed by atoms with Gasteiger partial charge in [-0.05, 0) is 234 Å². The number of pyridine rings is 2. The van der Waals surface area contributed by atoms with Gasteiger partial charge in [-0.3, -0.25) is 19.6 Å². The van der Waals surface area contributed by atoms with Crippen molar-refractivity contribution < 1.29 is 49.7 Å². The molecule has 11 aliphatic rings. The molecule has 2 saturated heterocycles. The van der Waals surface area contributed by atoms with E-state index in [4.69, 9.17) is 64.0 Å². The van der Waals surface area contributed by atoms with Crippen molar-refractivity contribution in [1.82, 2.24) is 9.97 Å². The Labute approximate surface area is 624 Å². The fourth-order valence-electron chi connectivity index (χ4n) is 20.1. The predicted octanol–water partition coefficient (Wildman–Crippen LogP) is 22.4. The van der Waals surface area contributed by atoms with Gasteiger partial charge in [0.05, 0.1) is 53.6 Å². The molecule has 0 radical (unpaired) electrons. The van der Waals surface area contributed by atoms with E-state index in [1.54, 1.807) is 89.6 Å². The number of halogens is 1. The molecule has 9 aliphatic carbocycles. The number of aliphatic carboxylic acids is 2. The summed E-state index contributed by atoms with van der Waals surface area (Å²) in [6, 6.07) is 45.5. The minimum atomic E-state index is -0.833. The Hall–Kier alpha value is -7.04. The number of carbonyl (C=O) groups is 2. The van der Waals surface area contributed by atoms with Gasteiger partial charge in [-0.2, -0.15) is 0 Å². The van der Waals surface area contributed by atoms with Crippen molar-refractivity contribution in [1.29, 1.82) is 0 Å². The summed E-state index contributed by atoms with van der Waals surface area (Å²) >= 11 is 6.90. The van der Waals surface area contributed by atoms with Crippen LogP contribution in [0.3, 0.4) is 0 Å². The van der Waals surface area contributed by atoms with Crippen molar-refractivity contribution in [3.05, 3.63) is 179 Å². The molecular formula is C87H100ClN6O6PPd. The zero-order valence-electron chi connectivity index (χ0n) is 60.4. The Bertz CT molecular complexity index is 4190. The van der Waals surface area contributed by atoms with E-state index in [1.807, 2.05) is 72.9 Å². The fraction of sp³-hybridized carbons (Fsp3) is 0.471. The number of hydrogen-bond donors (Lipinski definition) is 2. The second-order valence-corrected chi connectivity index (χ2v) is 34.9. The predicted molar refractivity (Wildman–Crippen MR) is 414 cm³/mol. The van der Waals surface area contributed by atoms with Crippen LogP contribution in [-0.2, 0) is 39.5 Å². The van der Waals surface area contributed by atoms with E-state index < -0.39 is 11.9 Å². The first kappa shape index (κ1) is 74.7. The van der Waals surface area contributed by atoms with Crippen LogP contribution in [0, 0.1) is 48.7 Å². The summed E-state index contributed by atoms with van der Waals surface area (Å²) in [5.74, 6) is 5.88. The van der Waals surface area contributed by atoms with Gasteiger partial charge in [-0.1, -0.05) is 142 Å². The number of benzene rings is 6. The van der Waals surface area contributed by atoms with Crippen molar-refractivity contribution in [2.75, 3.05) is 42.1 Å². The van der Waals surface area contributed by atoms with Crippen molar-refractivity contribution >= 4 is 76.0 Å². The molecule has 19 rings (SSSR count). The van der Waals surface area contributed by atoms with Gasteiger partial charge in [-0.25, -0.2) is 9.69 Å². The standard InChI is InChI=1S/C31H29N3O.C28H24ClN3O.C24H39P.2C2H4O2.Pd/c1-20-18-34(19-21(2)35-20)26-15-11-23(12-16-26)29-17-33-31-27(22-9-13-25(32-3)14-10-22)5-4-6-28(31)30(29)24-7-8-24;1-18-16-32(17-19(2)33-18)23-13-9-21(10-14-23)26-15-31-28-24(5-4-6-25(28)27(26)29)20-7-11-22(30-3)12-8-20;1-2-3-4-25(23-11-17-5-18(12-23)7-19(6-17)13-23)24-14-20-8-21(15-24)10-22(9-20)16-24;2*1-2(3)4;/h4-6,9-17,20-21,24H,7-8,18-19H2,1-2H3;4-15,18-19H,16-17H2,1-2H3;17-22H,2-16H2,1H3;2*1H3,(H,3,4);/t20-,21+;18-,19+;;;;. The van der Waals surface area contributed by atoms with Crippen molar-refractivity contribution in [3.8, 4) is 44.5 Å². The first-order valence-corrected chi connectivity index (χ1v) is 39.3. The summed E-state index contributed by atoms with van der Waals surface area (Å²) in [7, 11) is 0.285. The molecule has 8 bridgehead atoms. The number of carboxylic acids is 2. The number of nitrogens with zero attached hydrogens (tertiary/aromatic N) is 6. The molecule has 4 atom stereocenters. The maximum Gasteiger partial charge on any atom is 0.300 e. The number of anilines is 2. The van der Waals surface area contributed by atoms with E-state index in [0.29, 0.717) is 22.3 Å². The number of ether oxygens (including phenoxy) is 2. The molecule has 9 saturated carbocycles. The smallest absolute Gasteiger partial charge is 0.300 e. The van der Waals surface area contributed by atoms with Gasteiger partial charge < -0.3 is 29.5 Å². The first-order valence-electron chi connectivity index (χ1n) is 37.4. The third kappa shape index (κ3) is 16.9. The van der Waals surface area contributed by atoms with Crippen molar-refractivity contribution in [2.24, 2.45) is 35.5 Å². The van der Waals surface area contributed by atoms with E-state index >= 15 is 0 Å². The average Bonchev–Trinajstić information content (AvgIpc) is 1.70. The van der Waals surface area contributed by atoms with Crippen LogP contribution in [0.25, 0.3) is 76.0 Å². The monoisotopic (exact) mass is 1500 g/mol. The van der Waals surface area contributed by atoms with Crippen LogP contribution < -0.4 is 9.80 Å².